The fraction of sp³-hybridized carbons (Fsp3) is 0.800. The van der Waals surface area contributed by atoms with Crippen LogP contribution in [-0.4, -0.2) is 39.3 Å². The molecule has 1 saturated heterocycles. The second kappa shape index (κ2) is 4.72. The Morgan fingerprint density at radius 1 is 1.60 bits per heavy atom. The first-order chi connectivity index (χ1) is 7.33. The van der Waals surface area contributed by atoms with Crippen LogP contribution < -0.4 is 0 Å². The molecule has 1 aliphatic heterocycles. The van der Waals surface area contributed by atoms with Crippen LogP contribution in [0.2, 0.25) is 0 Å². The van der Waals surface area contributed by atoms with Crippen LogP contribution in [0.5, 0.6) is 0 Å². The fourth-order valence-corrected chi connectivity index (χ4v) is 2.19. The SMILES string of the molecule is CCN1CCCC1Cc1noc(CO)n1. The number of hydrogen-bond acceptors (Lipinski definition) is 5. The highest BCUT2D eigenvalue weighted by Crippen LogP contribution is 2.19. The number of likely N-dealkylation sites (N-methyl/N-ethyl adjacent to an activating group) is 1. The van der Waals surface area contributed by atoms with E-state index in [4.69, 9.17) is 9.63 Å². The van der Waals surface area contributed by atoms with Gasteiger partial charge < -0.3 is 14.5 Å². The van der Waals surface area contributed by atoms with Gasteiger partial charge in [-0.2, -0.15) is 4.98 Å². The number of hydrogen-bond donors (Lipinski definition) is 1. The zero-order valence-corrected chi connectivity index (χ0v) is 9.02. The summed E-state index contributed by atoms with van der Waals surface area (Å²) in [6, 6.07) is 0.541. The Morgan fingerprint density at radius 2 is 2.47 bits per heavy atom. The van der Waals surface area contributed by atoms with Crippen molar-refractivity contribution in [1.29, 1.82) is 0 Å². The van der Waals surface area contributed by atoms with Crippen molar-refractivity contribution in [2.24, 2.45) is 0 Å². The van der Waals surface area contributed by atoms with E-state index in [-0.39, 0.29) is 6.61 Å². The average Bonchev–Trinajstić information content (AvgIpc) is 2.87. The lowest BCUT2D eigenvalue weighted by atomic mass is 10.1. The first kappa shape index (κ1) is 10.6. The minimum atomic E-state index is -0.171. The summed E-state index contributed by atoms with van der Waals surface area (Å²) in [7, 11) is 0. The minimum absolute atomic E-state index is 0.171. The highest BCUT2D eigenvalue weighted by Gasteiger charge is 2.24. The van der Waals surface area contributed by atoms with Crippen molar-refractivity contribution in [1.82, 2.24) is 15.0 Å². The van der Waals surface area contributed by atoms with E-state index in [0.29, 0.717) is 17.8 Å². The van der Waals surface area contributed by atoms with Gasteiger partial charge in [0.05, 0.1) is 0 Å². The van der Waals surface area contributed by atoms with Gasteiger partial charge in [0.15, 0.2) is 5.82 Å². The van der Waals surface area contributed by atoms with Crippen molar-refractivity contribution in [2.75, 3.05) is 13.1 Å². The van der Waals surface area contributed by atoms with Crippen molar-refractivity contribution in [3.8, 4) is 0 Å². The van der Waals surface area contributed by atoms with Crippen LogP contribution in [0.25, 0.3) is 0 Å². The molecule has 0 bridgehead atoms. The van der Waals surface area contributed by atoms with Crippen molar-refractivity contribution >= 4 is 0 Å². The number of likely N-dealkylation sites (tertiary alicyclic amines) is 1. The Balaban J connectivity index is 1.95. The van der Waals surface area contributed by atoms with Crippen LogP contribution in [0.3, 0.4) is 0 Å². The van der Waals surface area contributed by atoms with Crippen LogP contribution in [0.1, 0.15) is 31.5 Å². The quantitative estimate of drug-likeness (QED) is 0.789. The molecular formula is C10H17N3O2. The third-order valence-corrected chi connectivity index (χ3v) is 2.97. The van der Waals surface area contributed by atoms with Gasteiger partial charge in [-0.3, -0.25) is 0 Å². The van der Waals surface area contributed by atoms with Crippen LogP contribution in [0.4, 0.5) is 0 Å². The Bertz CT molecular complexity index is 313. The van der Waals surface area contributed by atoms with Crippen LogP contribution >= 0.6 is 0 Å². The van der Waals surface area contributed by atoms with Crippen LogP contribution in [-0.2, 0) is 13.0 Å². The predicted octanol–water partition coefficient (Wildman–Crippen LogP) is 0.589. The molecular weight excluding hydrogens is 194 g/mol. The summed E-state index contributed by atoms with van der Waals surface area (Å²) >= 11 is 0. The molecule has 0 radical (unpaired) electrons. The zero-order valence-electron chi connectivity index (χ0n) is 9.02. The third kappa shape index (κ3) is 2.35. The molecule has 0 aliphatic carbocycles. The van der Waals surface area contributed by atoms with Gasteiger partial charge in [0.1, 0.15) is 6.61 Å². The highest BCUT2D eigenvalue weighted by molar-refractivity contribution is 4.92. The van der Waals surface area contributed by atoms with Gasteiger partial charge in [0, 0.05) is 12.5 Å². The lowest BCUT2D eigenvalue weighted by molar-refractivity contribution is 0.222. The monoisotopic (exact) mass is 211 g/mol. The predicted molar refractivity (Wildman–Crippen MR) is 54.2 cm³/mol. The lowest BCUT2D eigenvalue weighted by Crippen LogP contribution is -2.31. The van der Waals surface area contributed by atoms with E-state index in [1.165, 1.54) is 19.4 Å². The summed E-state index contributed by atoms with van der Waals surface area (Å²) in [4.78, 5) is 6.55. The molecule has 1 N–H and O–H groups in total. The molecule has 1 atom stereocenters. The molecule has 1 aliphatic rings. The topological polar surface area (TPSA) is 62.4 Å². The summed E-state index contributed by atoms with van der Waals surface area (Å²) in [6.07, 6.45) is 3.29. The van der Waals surface area contributed by atoms with E-state index in [1.807, 2.05) is 0 Å². The molecule has 0 spiro atoms. The van der Waals surface area contributed by atoms with E-state index >= 15 is 0 Å². The molecule has 5 nitrogen and oxygen atoms in total. The van der Waals surface area contributed by atoms with Gasteiger partial charge in [-0.15, -0.1) is 0 Å². The Morgan fingerprint density at radius 3 is 3.13 bits per heavy atom. The molecule has 15 heavy (non-hydrogen) atoms. The number of aliphatic hydroxyl groups is 1. The summed E-state index contributed by atoms with van der Waals surface area (Å²) in [5.41, 5.74) is 0. The number of nitrogens with zero attached hydrogens (tertiary/aromatic N) is 3. The molecule has 2 rings (SSSR count). The first-order valence-electron chi connectivity index (χ1n) is 5.50. The summed E-state index contributed by atoms with van der Waals surface area (Å²) in [6.45, 7) is 4.25. The van der Waals surface area contributed by atoms with Crippen LogP contribution in [0, 0.1) is 0 Å². The maximum Gasteiger partial charge on any atom is 0.252 e. The number of aromatic nitrogens is 2. The van der Waals surface area contributed by atoms with E-state index in [1.54, 1.807) is 0 Å². The van der Waals surface area contributed by atoms with Gasteiger partial charge in [-0.05, 0) is 25.9 Å². The summed E-state index contributed by atoms with van der Waals surface area (Å²) in [5, 5.41) is 12.6. The third-order valence-electron chi connectivity index (χ3n) is 2.97. The van der Waals surface area contributed by atoms with E-state index < -0.39 is 0 Å². The summed E-state index contributed by atoms with van der Waals surface area (Å²) < 4.78 is 4.86. The van der Waals surface area contributed by atoms with E-state index in [0.717, 1.165) is 13.0 Å². The Hall–Kier alpha value is -0.940. The maximum absolute atomic E-state index is 8.80. The molecule has 84 valence electrons. The van der Waals surface area contributed by atoms with Gasteiger partial charge in [-0.1, -0.05) is 12.1 Å². The van der Waals surface area contributed by atoms with Crippen molar-refractivity contribution < 1.29 is 9.63 Å². The summed E-state index contributed by atoms with van der Waals surface area (Å²) in [5.74, 6) is 1.02. The highest BCUT2D eigenvalue weighted by atomic mass is 16.5. The van der Waals surface area contributed by atoms with Crippen LogP contribution in [0.15, 0.2) is 4.52 Å². The standard InChI is InChI=1S/C10H17N3O2/c1-2-13-5-3-4-8(13)6-9-11-10(7-14)15-12-9/h8,14H,2-7H2,1H3. The molecule has 0 aromatic carbocycles. The molecule has 2 heterocycles. The van der Waals surface area contributed by atoms with Crippen molar-refractivity contribution in [3.63, 3.8) is 0 Å². The Labute approximate surface area is 89.1 Å². The van der Waals surface area contributed by atoms with E-state index in [2.05, 4.69) is 22.0 Å². The fourth-order valence-electron chi connectivity index (χ4n) is 2.19. The largest absolute Gasteiger partial charge is 0.387 e. The molecule has 1 aromatic rings. The normalized spacial score (nSPS) is 22.4. The Kier molecular flexibility index (Phi) is 3.33. The second-order valence-corrected chi connectivity index (χ2v) is 3.89. The zero-order chi connectivity index (χ0) is 10.7. The first-order valence-corrected chi connectivity index (χ1v) is 5.50. The van der Waals surface area contributed by atoms with Gasteiger partial charge in [0.25, 0.3) is 5.89 Å². The number of rotatable bonds is 4. The van der Waals surface area contributed by atoms with E-state index in [9.17, 15) is 0 Å². The second-order valence-electron chi connectivity index (χ2n) is 3.89. The number of aliphatic hydroxyl groups excluding tert-OH is 1. The van der Waals surface area contributed by atoms with Crippen molar-refractivity contribution in [3.05, 3.63) is 11.7 Å². The van der Waals surface area contributed by atoms with Gasteiger partial charge >= 0.3 is 0 Å². The van der Waals surface area contributed by atoms with Gasteiger partial charge in [0.2, 0.25) is 0 Å². The maximum atomic E-state index is 8.80. The molecule has 1 aromatic heterocycles. The molecule has 1 unspecified atom stereocenters. The van der Waals surface area contributed by atoms with Crippen molar-refractivity contribution in [2.45, 2.75) is 38.8 Å². The average molecular weight is 211 g/mol. The van der Waals surface area contributed by atoms with Gasteiger partial charge in [-0.25, -0.2) is 0 Å². The molecule has 5 heteroatoms. The lowest BCUT2D eigenvalue weighted by Gasteiger charge is -2.20. The molecule has 0 saturated carbocycles. The smallest absolute Gasteiger partial charge is 0.252 e. The molecule has 0 amide bonds. The molecule has 1 fully saturated rings. The minimum Gasteiger partial charge on any atom is -0.387 e.